The summed E-state index contributed by atoms with van der Waals surface area (Å²) in [6.07, 6.45) is 2.01. The summed E-state index contributed by atoms with van der Waals surface area (Å²) in [5.41, 5.74) is 3.11. The van der Waals surface area contributed by atoms with Crippen LogP contribution in [0.5, 0.6) is 0 Å². The fourth-order valence-electron chi connectivity index (χ4n) is 2.82. The molecular weight excluding hydrogens is 276 g/mol. The van der Waals surface area contributed by atoms with Crippen LogP contribution >= 0.6 is 0 Å². The van der Waals surface area contributed by atoms with Crippen molar-refractivity contribution in [2.75, 3.05) is 0 Å². The highest BCUT2D eigenvalue weighted by Crippen LogP contribution is 2.34. The Hall–Kier alpha value is -2.62. The molecule has 3 aromatic rings. The first-order chi connectivity index (χ1) is 10.6. The van der Waals surface area contributed by atoms with Crippen molar-refractivity contribution in [3.63, 3.8) is 0 Å². The summed E-state index contributed by atoms with van der Waals surface area (Å²) >= 11 is 0. The van der Waals surface area contributed by atoms with Gasteiger partial charge >= 0.3 is 0 Å². The zero-order valence-corrected chi connectivity index (χ0v) is 12.7. The van der Waals surface area contributed by atoms with E-state index in [2.05, 4.69) is 18.4 Å². The van der Waals surface area contributed by atoms with Crippen LogP contribution in [0.1, 0.15) is 13.8 Å². The van der Waals surface area contributed by atoms with Crippen LogP contribution in [0.4, 0.5) is 5.69 Å². The monoisotopic (exact) mass is 294 g/mol. The van der Waals surface area contributed by atoms with Crippen molar-refractivity contribution in [2.24, 2.45) is 5.92 Å². The summed E-state index contributed by atoms with van der Waals surface area (Å²) in [6, 6.07) is 15.1. The van der Waals surface area contributed by atoms with Gasteiger partial charge in [-0.3, -0.25) is 10.1 Å². The third-order valence-corrected chi connectivity index (χ3v) is 3.70. The van der Waals surface area contributed by atoms with Crippen LogP contribution in [-0.2, 0) is 6.54 Å². The van der Waals surface area contributed by atoms with Gasteiger partial charge in [0.15, 0.2) is 0 Å². The highest BCUT2D eigenvalue weighted by Gasteiger charge is 2.16. The molecule has 0 bridgehead atoms. The first kappa shape index (κ1) is 14.3. The number of non-ortho nitro benzene ring substituents is 1. The third kappa shape index (κ3) is 2.60. The molecule has 0 radical (unpaired) electrons. The fraction of sp³-hybridized carbons (Fsp3) is 0.222. The minimum absolute atomic E-state index is 0.133. The van der Waals surface area contributed by atoms with Crippen molar-refractivity contribution in [2.45, 2.75) is 20.4 Å². The Labute approximate surface area is 129 Å². The number of fused-ring (bicyclic) bond motifs is 1. The van der Waals surface area contributed by atoms with Crippen LogP contribution < -0.4 is 0 Å². The van der Waals surface area contributed by atoms with Gasteiger partial charge in [0.1, 0.15) is 0 Å². The van der Waals surface area contributed by atoms with E-state index in [0.29, 0.717) is 5.92 Å². The minimum atomic E-state index is -0.328. The lowest BCUT2D eigenvalue weighted by Gasteiger charge is -2.12. The SMILES string of the molecule is CC(C)Cn1ccc2cc([N+](=O)[O-])cc(-c3ccccc3)c21. The van der Waals surface area contributed by atoms with Gasteiger partial charge in [-0.1, -0.05) is 44.2 Å². The van der Waals surface area contributed by atoms with Crippen molar-refractivity contribution in [1.29, 1.82) is 0 Å². The summed E-state index contributed by atoms with van der Waals surface area (Å²) < 4.78 is 2.19. The lowest BCUT2D eigenvalue weighted by molar-refractivity contribution is -0.384. The number of aromatic nitrogens is 1. The van der Waals surface area contributed by atoms with Gasteiger partial charge in [0, 0.05) is 35.8 Å². The van der Waals surface area contributed by atoms with Crippen LogP contribution in [0.15, 0.2) is 54.7 Å². The molecule has 4 heteroatoms. The van der Waals surface area contributed by atoms with Gasteiger partial charge in [-0.05, 0) is 17.5 Å². The van der Waals surface area contributed by atoms with E-state index in [0.717, 1.165) is 28.6 Å². The molecule has 4 nitrogen and oxygen atoms in total. The Kier molecular flexibility index (Phi) is 3.67. The number of hydrogen-bond donors (Lipinski definition) is 0. The average molecular weight is 294 g/mol. The lowest BCUT2D eigenvalue weighted by atomic mass is 10.0. The quantitative estimate of drug-likeness (QED) is 0.509. The van der Waals surface area contributed by atoms with Gasteiger partial charge in [-0.15, -0.1) is 0 Å². The number of benzene rings is 2. The van der Waals surface area contributed by atoms with Gasteiger partial charge in [-0.2, -0.15) is 0 Å². The predicted octanol–water partition coefficient (Wildman–Crippen LogP) is 4.87. The zero-order chi connectivity index (χ0) is 15.7. The summed E-state index contributed by atoms with van der Waals surface area (Å²) in [4.78, 5) is 10.9. The van der Waals surface area contributed by atoms with E-state index in [1.807, 2.05) is 42.6 Å². The summed E-state index contributed by atoms with van der Waals surface area (Å²) in [6.45, 7) is 5.22. The molecule has 1 aromatic heterocycles. The van der Waals surface area contributed by atoms with E-state index in [1.165, 1.54) is 0 Å². The molecule has 0 saturated heterocycles. The van der Waals surface area contributed by atoms with Gasteiger partial charge in [0.25, 0.3) is 5.69 Å². The predicted molar refractivity (Wildman–Crippen MR) is 88.9 cm³/mol. The Morgan fingerprint density at radius 2 is 1.86 bits per heavy atom. The molecule has 0 aliphatic heterocycles. The Bertz CT molecular complexity index is 820. The van der Waals surface area contributed by atoms with Crippen LogP contribution in [-0.4, -0.2) is 9.49 Å². The largest absolute Gasteiger partial charge is 0.347 e. The van der Waals surface area contributed by atoms with Crippen molar-refractivity contribution in [3.05, 3.63) is 64.8 Å². The van der Waals surface area contributed by atoms with Crippen LogP contribution in [0.3, 0.4) is 0 Å². The second kappa shape index (κ2) is 5.64. The van der Waals surface area contributed by atoms with E-state index in [4.69, 9.17) is 0 Å². The van der Waals surface area contributed by atoms with Crippen molar-refractivity contribution < 1.29 is 4.92 Å². The number of nitrogens with zero attached hydrogens (tertiary/aromatic N) is 2. The summed E-state index contributed by atoms with van der Waals surface area (Å²) in [5, 5.41) is 12.1. The molecule has 0 spiro atoms. The molecule has 0 amide bonds. The Balaban J connectivity index is 2.29. The Morgan fingerprint density at radius 1 is 1.14 bits per heavy atom. The molecular formula is C18H18N2O2. The first-order valence-electron chi connectivity index (χ1n) is 7.39. The topological polar surface area (TPSA) is 48.1 Å². The molecule has 22 heavy (non-hydrogen) atoms. The standard InChI is InChI=1S/C18H18N2O2/c1-13(2)12-19-9-8-15-10-16(20(21)22)11-17(18(15)19)14-6-4-3-5-7-14/h3-11,13H,12H2,1-2H3. The van der Waals surface area contributed by atoms with Gasteiger partial charge in [0.05, 0.1) is 10.4 Å². The average Bonchev–Trinajstić information content (AvgIpc) is 2.89. The van der Waals surface area contributed by atoms with E-state index >= 15 is 0 Å². The molecule has 112 valence electrons. The normalized spacial score (nSPS) is 11.2. The third-order valence-electron chi connectivity index (χ3n) is 3.70. The lowest BCUT2D eigenvalue weighted by Crippen LogP contribution is -2.03. The van der Waals surface area contributed by atoms with E-state index < -0.39 is 0 Å². The molecule has 0 saturated carbocycles. The molecule has 1 heterocycles. The zero-order valence-electron chi connectivity index (χ0n) is 12.7. The molecule has 2 aromatic carbocycles. The maximum atomic E-state index is 11.2. The van der Waals surface area contributed by atoms with Gasteiger partial charge in [0.2, 0.25) is 0 Å². The molecule has 0 aliphatic carbocycles. The molecule has 3 rings (SSSR count). The van der Waals surface area contributed by atoms with Crippen molar-refractivity contribution in [3.8, 4) is 11.1 Å². The van der Waals surface area contributed by atoms with Crippen molar-refractivity contribution >= 4 is 16.6 Å². The van der Waals surface area contributed by atoms with Gasteiger partial charge < -0.3 is 4.57 Å². The maximum Gasteiger partial charge on any atom is 0.270 e. The first-order valence-corrected chi connectivity index (χ1v) is 7.39. The van der Waals surface area contributed by atoms with E-state index in [-0.39, 0.29) is 10.6 Å². The summed E-state index contributed by atoms with van der Waals surface area (Å²) in [7, 11) is 0. The molecule has 0 atom stereocenters. The van der Waals surface area contributed by atoms with E-state index in [9.17, 15) is 10.1 Å². The smallest absolute Gasteiger partial charge is 0.270 e. The Morgan fingerprint density at radius 3 is 2.50 bits per heavy atom. The number of nitro groups is 1. The number of rotatable bonds is 4. The molecule has 0 fully saturated rings. The second-order valence-corrected chi connectivity index (χ2v) is 5.92. The van der Waals surface area contributed by atoms with Crippen LogP contribution in [0.25, 0.3) is 22.0 Å². The number of nitro benzene ring substituents is 1. The van der Waals surface area contributed by atoms with E-state index in [1.54, 1.807) is 12.1 Å². The molecule has 0 aliphatic rings. The summed E-state index contributed by atoms with van der Waals surface area (Å²) in [5.74, 6) is 0.509. The fourth-order valence-corrected chi connectivity index (χ4v) is 2.82. The number of hydrogen-bond acceptors (Lipinski definition) is 2. The minimum Gasteiger partial charge on any atom is -0.347 e. The second-order valence-electron chi connectivity index (χ2n) is 5.92. The van der Waals surface area contributed by atoms with Crippen molar-refractivity contribution in [1.82, 2.24) is 4.57 Å². The molecule has 0 unspecified atom stereocenters. The highest BCUT2D eigenvalue weighted by atomic mass is 16.6. The van der Waals surface area contributed by atoms with Crippen LogP contribution in [0, 0.1) is 16.0 Å². The highest BCUT2D eigenvalue weighted by molar-refractivity contribution is 5.96. The van der Waals surface area contributed by atoms with Crippen LogP contribution in [0.2, 0.25) is 0 Å². The molecule has 0 N–H and O–H groups in total. The maximum absolute atomic E-state index is 11.2. The van der Waals surface area contributed by atoms with Gasteiger partial charge in [-0.25, -0.2) is 0 Å².